The van der Waals surface area contributed by atoms with Crippen molar-refractivity contribution >= 4 is 11.8 Å². The molecule has 2 rings (SSSR count). The van der Waals surface area contributed by atoms with Crippen molar-refractivity contribution in [2.75, 3.05) is 19.6 Å². The first kappa shape index (κ1) is 10.5. The smallest absolute Gasteiger partial charge is 0.242 e. The maximum absolute atomic E-state index is 11.6. The molecule has 1 N–H and O–H groups in total. The van der Waals surface area contributed by atoms with Gasteiger partial charge in [-0.15, -0.1) is 0 Å². The predicted molar refractivity (Wildman–Crippen MR) is 56.1 cm³/mol. The van der Waals surface area contributed by atoms with E-state index in [1.807, 2.05) is 0 Å². The summed E-state index contributed by atoms with van der Waals surface area (Å²) in [5.74, 6) is 0.617. The minimum atomic E-state index is -0.0332. The molecule has 0 aromatic carbocycles. The summed E-state index contributed by atoms with van der Waals surface area (Å²) in [6.45, 7) is 5.57. The van der Waals surface area contributed by atoms with Crippen LogP contribution in [-0.2, 0) is 9.59 Å². The minimum absolute atomic E-state index is 0.0332. The molecular formula is C11H18N2O2. The van der Waals surface area contributed by atoms with Gasteiger partial charge in [0, 0.05) is 6.54 Å². The molecule has 2 fully saturated rings. The van der Waals surface area contributed by atoms with E-state index < -0.39 is 0 Å². The Morgan fingerprint density at radius 2 is 2.07 bits per heavy atom. The van der Waals surface area contributed by atoms with E-state index in [-0.39, 0.29) is 24.9 Å². The third-order valence-electron chi connectivity index (χ3n) is 3.75. The van der Waals surface area contributed by atoms with Gasteiger partial charge in [-0.1, -0.05) is 13.8 Å². The van der Waals surface area contributed by atoms with E-state index in [1.54, 1.807) is 4.90 Å². The van der Waals surface area contributed by atoms with Gasteiger partial charge in [-0.25, -0.2) is 0 Å². The van der Waals surface area contributed by atoms with E-state index in [0.717, 1.165) is 6.54 Å². The van der Waals surface area contributed by atoms with Crippen LogP contribution < -0.4 is 5.32 Å². The van der Waals surface area contributed by atoms with Gasteiger partial charge >= 0.3 is 0 Å². The molecule has 2 amide bonds. The molecule has 0 aromatic heterocycles. The molecule has 1 aliphatic heterocycles. The Morgan fingerprint density at radius 3 is 2.60 bits per heavy atom. The van der Waals surface area contributed by atoms with Crippen LogP contribution in [0, 0.1) is 11.3 Å². The fourth-order valence-electron chi connectivity index (χ4n) is 2.21. The second-order valence-corrected chi connectivity index (χ2v) is 5.04. The Bertz CT molecular complexity index is 295. The van der Waals surface area contributed by atoms with E-state index >= 15 is 0 Å². The van der Waals surface area contributed by atoms with Crippen LogP contribution >= 0.6 is 0 Å². The van der Waals surface area contributed by atoms with Crippen LogP contribution in [0.5, 0.6) is 0 Å². The van der Waals surface area contributed by atoms with Gasteiger partial charge in [0.05, 0.1) is 13.1 Å². The molecule has 1 saturated carbocycles. The first-order chi connectivity index (χ1) is 7.03. The zero-order valence-corrected chi connectivity index (χ0v) is 9.38. The zero-order chi connectivity index (χ0) is 11.1. The molecule has 0 aromatic rings. The quantitative estimate of drug-likeness (QED) is 0.732. The lowest BCUT2D eigenvalue weighted by Gasteiger charge is -2.32. The third-order valence-corrected chi connectivity index (χ3v) is 3.75. The lowest BCUT2D eigenvalue weighted by Crippen LogP contribution is -2.53. The molecule has 0 radical (unpaired) electrons. The van der Waals surface area contributed by atoms with Crippen molar-refractivity contribution in [2.45, 2.75) is 26.7 Å². The number of carbonyl (C=O) groups is 2. The molecule has 4 heteroatoms. The summed E-state index contributed by atoms with van der Waals surface area (Å²) in [7, 11) is 0. The molecular weight excluding hydrogens is 192 g/mol. The summed E-state index contributed by atoms with van der Waals surface area (Å²) in [6, 6.07) is 0. The fourth-order valence-corrected chi connectivity index (χ4v) is 2.21. The maximum atomic E-state index is 11.6. The van der Waals surface area contributed by atoms with Gasteiger partial charge in [0.25, 0.3) is 0 Å². The first-order valence-corrected chi connectivity index (χ1v) is 5.58. The number of hydrogen-bond acceptors (Lipinski definition) is 2. The van der Waals surface area contributed by atoms with Crippen molar-refractivity contribution in [3.8, 4) is 0 Å². The van der Waals surface area contributed by atoms with E-state index in [0.29, 0.717) is 11.3 Å². The topological polar surface area (TPSA) is 49.4 Å². The van der Waals surface area contributed by atoms with E-state index in [9.17, 15) is 9.59 Å². The van der Waals surface area contributed by atoms with Crippen molar-refractivity contribution in [1.29, 1.82) is 0 Å². The second kappa shape index (κ2) is 3.51. The van der Waals surface area contributed by atoms with Crippen LogP contribution in [-0.4, -0.2) is 36.3 Å². The number of nitrogens with zero attached hydrogens (tertiary/aromatic N) is 1. The van der Waals surface area contributed by atoms with E-state index in [1.165, 1.54) is 12.8 Å². The molecule has 0 bridgehead atoms. The highest BCUT2D eigenvalue weighted by molar-refractivity contribution is 5.92. The van der Waals surface area contributed by atoms with Crippen molar-refractivity contribution < 1.29 is 9.59 Å². The third kappa shape index (κ3) is 1.98. The van der Waals surface area contributed by atoms with Crippen LogP contribution in [0.2, 0.25) is 0 Å². The lowest BCUT2D eigenvalue weighted by atomic mass is 9.91. The Kier molecular flexibility index (Phi) is 2.44. The van der Waals surface area contributed by atoms with Crippen molar-refractivity contribution in [1.82, 2.24) is 10.2 Å². The first-order valence-electron chi connectivity index (χ1n) is 5.58. The highest BCUT2D eigenvalue weighted by Crippen LogP contribution is 2.52. The Labute approximate surface area is 90.0 Å². The molecule has 0 spiro atoms. The molecule has 1 aliphatic carbocycles. The average molecular weight is 210 g/mol. The van der Waals surface area contributed by atoms with Gasteiger partial charge in [-0.05, 0) is 24.2 Å². The average Bonchev–Trinajstić information content (AvgIpc) is 2.92. The van der Waals surface area contributed by atoms with Crippen molar-refractivity contribution in [2.24, 2.45) is 11.3 Å². The zero-order valence-electron chi connectivity index (χ0n) is 9.38. The molecule has 15 heavy (non-hydrogen) atoms. The number of hydrogen-bond donors (Lipinski definition) is 1. The lowest BCUT2D eigenvalue weighted by molar-refractivity contribution is -0.141. The van der Waals surface area contributed by atoms with Crippen molar-refractivity contribution in [3.63, 3.8) is 0 Å². The molecule has 0 atom stereocenters. The van der Waals surface area contributed by atoms with Crippen LogP contribution in [0.4, 0.5) is 0 Å². The maximum Gasteiger partial charge on any atom is 0.242 e. The largest absolute Gasteiger partial charge is 0.345 e. The summed E-state index contributed by atoms with van der Waals surface area (Å²) in [4.78, 5) is 24.5. The summed E-state index contributed by atoms with van der Waals surface area (Å²) in [6.07, 6.45) is 2.38. The number of amides is 2. The van der Waals surface area contributed by atoms with Crippen LogP contribution in [0.15, 0.2) is 0 Å². The molecule has 1 heterocycles. The molecule has 4 nitrogen and oxygen atoms in total. The number of nitrogens with one attached hydrogen (secondary N) is 1. The van der Waals surface area contributed by atoms with Gasteiger partial charge in [0.15, 0.2) is 0 Å². The van der Waals surface area contributed by atoms with Gasteiger partial charge in [0.2, 0.25) is 11.8 Å². The van der Waals surface area contributed by atoms with Crippen molar-refractivity contribution in [3.05, 3.63) is 0 Å². The molecule has 2 aliphatic rings. The normalized spacial score (nSPS) is 24.3. The predicted octanol–water partition coefficient (Wildman–Crippen LogP) is 0.381. The Balaban J connectivity index is 1.98. The minimum Gasteiger partial charge on any atom is -0.345 e. The highest BCUT2D eigenvalue weighted by atomic mass is 16.2. The van der Waals surface area contributed by atoms with Gasteiger partial charge in [-0.2, -0.15) is 0 Å². The van der Waals surface area contributed by atoms with Gasteiger partial charge in [-0.3, -0.25) is 9.59 Å². The van der Waals surface area contributed by atoms with Crippen LogP contribution in [0.25, 0.3) is 0 Å². The standard InChI is InChI=1S/C11H18N2O2/c1-8(2)11(3-4-11)7-13-6-9(14)12-5-10(13)15/h8H,3-7H2,1-2H3,(H,12,14). The summed E-state index contributed by atoms with van der Waals surface area (Å²) in [5, 5.41) is 2.57. The summed E-state index contributed by atoms with van der Waals surface area (Å²) < 4.78 is 0. The fraction of sp³-hybridized carbons (Fsp3) is 0.818. The summed E-state index contributed by atoms with van der Waals surface area (Å²) in [5.41, 5.74) is 0.299. The SMILES string of the molecule is CC(C)C1(CN2CC(=O)NCC2=O)CC1. The number of rotatable bonds is 3. The molecule has 0 unspecified atom stereocenters. The number of carbonyl (C=O) groups excluding carboxylic acids is 2. The van der Waals surface area contributed by atoms with Crippen LogP contribution in [0.3, 0.4) is 0 Å². The Morgan fingerprint density at radius 1 is 1.40 bits per heavy atom. The number of piperazine rings is 1. The molecule has 84 valence electrons. The summed E-state index contributed by atoms with van der Waals surface area (Å²) >= 11 is 0. The van der Waals surface area contributed by atoms with Gasteiger partial charge < -0.3 is 10.2 Å². The van der Waals surface area contributed by atoms with E-state index in [4.69, 9.17) is 0 Å². The van der Waals surface area contributed by atoms with Gasteiger partial charge in [0.1, 0.15) is 0 Å². The van der Waals surface area contributed by atoms with Crippen LogP contribution in [0.1, 0.15) is 26.7 Å². The monoisotopic (exact) mass is 210 g/mol. The molecule has 1 saturated heterocycles. The second-order valence-electron chi connectivity index (χ2n) is 5.04. The highest BCUT2D eigenvalue weighted by Gasteiger charge is 2.47. The van der Waals surface area contributed by atoms with E-state index in [2.05, 4.69) is 19.2 Å². The Hall–Kier alpha value is -1.06.